The first-order chi connectivity index (χ1) is 13.3. The Kier molecular flexibility index (Phi) is 7.83. The van der Waals surface area contributed by atoms with Crippen molar-refractivity contribution in [2.24, 2.45) is 0 Å². The van der Waals surface area contributed by atoms with E-state index in [2.05, 4.69) is 5.32 Å². The zero-order chi connectivity index (χ0) is 20.6. The van der Waals surface area contributed by atoms with Crippen LogP contribution in [0.15, 0.2) is 48.5 Å². The molecule has 0 bridgehead atoms. The minimum absolute atomic E-state index is 0.308. The molecule has 0 radical (unpaired) electrons. The summed E-state index contributed by atoms with van der Waals surface area (Å²) in [6.07, 6.45) is 2.25. The Hall–Kier alpha value is -2.58. The summed E-state index contributed by atoms with van der Waals surface area (Å²) in [7, 11) is -2.11. The van der Waals surface area contributed by atoms with Crippen LogP contribution < -0.4 is 9.50 Å². The van der Waals surface area contributed by atoms with Crippen LogP contribution >= 0.6 is 0 Å². The first-order valence-corrected chi connectivity index (χ1v) is 10.7. The number of aliphatic carboxylic acids is 1. The third-order valence-electron chi connectivity index (χ3n) is 4.08. The van der Waals surface area contributed by atoms with Crippen LogP contribution in [-0.2, 0) is 32.5 Å². The van der Waals surface area contributed by atoms with Crippen molar-refractivity contribution < 1.29 is 27.2 Å². The zero-order valence-corrected chi connectivity index (χ0v) is 16.7. The Morgan fingerprint density at radius 1 is 1.07 bits per heavy atom. The number of methoxy groups -OCH3 is 1. The Labute approximate surface area is 165 Å². The SMILES string of the molecule is CO[C@@H](Cc1ccc(NCCCc2ccc(OS(C)(=O)=O)cc2)cc1)C(=O)O. The van der Waals surface area contributed by atoms with Gasteiger partial charge in [0.05, 0.1) is 6.26 Å². The summed E-state index contributed by atoms with van der Waals surface area (Å²) >= 11 is 0. The first kappa shape index (κ1) is 21.7. The highest BCUT2D eigenvalue weighted by Gasteiger charge is 2.16. The summed E-state index contributed by atoms with van der Waals surface area (Å²) in [6.45, 7) is 0.775. The summed E-state index contributed by atoms with van der Waals surface area (Å²) in [5, 5.41) is 12.3. The number of anilines is 1. The van der Waals surface area contributed by atoms with E-state index in [0.29, 0.717) is 12.2 Å². The summed E-state index contributed by atoms with van der Waals surface area (Å²) in [5.41, 5.74) is 2.96. The number of hydrogen-bond acceptors (Lipinski definition) is 6. The monoisotopic (exact) mass is 407 g/mol. The molecule has 152 valence electrons. The van der Waals surface area contributed by atoms with Gasteiger partial charge in [0.25, 0.3) is 0 Å². The van der Waals surface area contributed by atoms with Crippen molar-refractivity contribution in [3.63, 3.8) is 0 Å². The fourth-order valence-electron chi connectivity index (χ4n) is 2.66. The van der Waals surface area contributed by atoms with E-state index in [1.54, 1.807) is 12.1 Å². The van der Waals surface area contributed by atoms with Gasteiger partial charge in [0.15, 0.2) is 6.10 Å². The number of nitrogens with one attached hydrogen (secondary N) is 1. The van der Waals surface area contributed by atoms with E-state index < -0.39 is 22.2 Å². The smallest absolute Gasteiger partial charge is 0.333 e. The number of carbonyl (C=O) groups is 1. The van der Waals surface area contributed by atoms with Gasteiger partial charge < -0.3 is 19.3 Å². The molecule has 0 saturated heterocycles. The molecule has 0 amide bonds. The van der Waals surface area contributed by atoms with Gasteiger partial charge >= 0.3 is 16.1 Å². The van der Waals surface area contributed by atoms with Crippen LogP contribution in [0.2, 0.25) is 0 Å². The van der Waals surface area contributed by atoms with E-state index in [0.717, 1.165) is 42.5 Å². The van der Waals surface area contributed by atoms with Crippen molar-refractivity contribution in [1.82, 2.24) is 0 Å². The predicted molar refractivity (Wildman–Crippen MR) is 107 cm³/mol. The van der Waals surface area contributed by atoms with Crippen molar-refractivity contribution in [3.8, 4) is 5.75 Å². The molecular formula is C20H25NO6S. The summed E-state index contributed by atoms with van der Waals surface area (Å²) in [5.74, 6) is -0.663. The quantitative estimate of drug-likeness (QED) is 0.436. The van der Waals surface area contributed by atoms with Gasteiger partial charge in [-0.1, -0.05) is 24.3 Å². The molecule has 0 aliphatic carbocycles. The zero-order valence-electron chi connectivity index (χ0n) is 15.9. The Morgan fingerprint density at radius 2 is 1.68 bits per heavy atom. The lowest BCUT2D eigenvalue weighted by atomic mass is 10.1. The average Bonchev–Trinajstić information content (AvgIpc) is 2.64. The molecule has 7 nitrogen and oxygen atoms in total. The highest BCUT2D eigenvalue weighted by Crippen LogP contribution is 2.16. The summed E-state index contributed by atoms with van der Waals surface area (Å²) < 4.78 is 31.9. The fourth-order valence-corrected chi connectivity index (χ4v) is 3.12. The van der Waals surface area contributed by atoms with E-state index in [9.17, 15) is 13.2 Å². The van der Waals surface area contributed by atoms with Crippen molar-refractivity contribution in [2.75, 3.05) is 25.2 Å². The van der Waals surface area contributed by atoms with E-state index >= 15 is 0 Å². The maximum atomic E-state index is 11.1. The van der Waals surface area contributed by atoms with Crippen LogP contribution in [0.3, 0.4) is 0 Å². The van der Waals surface area contributed by atoms with Gasteiger partial charge in [0.1, 0.15) is 5.75 Å². The summed E-state index contributed by atoms with van der Waals surface area (Å²) in [6, 6.07) is 14.6. The molecule has 0 fully saturated rings. The molecule has 2 aromatic rings. The average molecular weight is 407 g/mol. The highest BCUT2D eigenvalue weighted by molar-refractivity contribution is 7.86. The van der Waals surface area contributed by atoms with Gasteiger partial charge in [-0.05, 0) is 48.2 Å². The topological polar surface area (TPSA) is 102 Å². The predicted octanol–water partition coefficient (Wildman–Crippen LogP) is 2.71. The molecular weight excluding hydrogens is 382 g/mol. The Morgan fingerprint density at radius 3 is 2.21 bits per heavy atom. The van der Waals surface area contributed by atoms with Crippen LogP contribution in [0.5, 0.6) is 5.75 Å². The van der Waals surface area contributed by atoms with Crippen molar-refractivity contribution in [3.05, 3.63) is 59.7 Å². The molecule has 0 heterocycles. The lowest BCUT2D eigenvalue weighted by molar-refractivity contribution is -0.148. The molecule has 2 aromatic carbocycles. The molecule has 0 spiro atoms. The van der Waals surface area contributed by atoms with Crippen LogP contribution in [0, 0.1) is 0 Å². The maximum absolute atomic E-state index is 11.1. The van der Waals surface area contributed by atoms with Gasteiger partial charge in [-0.2, -0.15) is 8.42 Å². The molecule has 0 unspecified atom stereocenters. The minimum atomic E-state index is -3.50. The van der Waals surface area contributed by atoms with E-state index in [1.165, 1.54) is 7.11 Å². The highest BCUT2D eigenvalue weighted by atomic mass is 32.2. The number of rotatable bonds is 11. The number of benzene rings is 2. The van der Waals surface area contributed by atoms with Crippen LogP contribution in [-0.4, -0.2) is 45.5 Å². The van der Waals surface area contributed by atoms with Crippen LogP contribution in [0.4, 0.5) is 5.69 Å². The lowest BCUT2D eigenvalue weighted by Gasteiger charge is -2.11. The van der Waals surface area contributed by atoms with Gasteiger partial charge in [-0.3, -0.25) is 0 Å². The third kappa shape index (κ3) is 7.58. The van der Waals surface area contributed by atoms with Gasteiger partial charge in [-0.25, -0.2) is 4.79 Å². The fraction of sp³-hybridized carbons (Fsp3) is 0.350. The molecule has 28 heavy (non-hydrogen) atoms. The normalized spacial score (nSPS) is 12.4. The molecule has 2 N–H and O–H groups in total. The lowest BCUT2D eigenvalue weighted by Crippen LogP contribution is -2.24. The Balaban J connectivity index is 1.75. The Bertz CT molecular complexity index is 863. The molecule has 8 heteroatoms. The second-order valence-electron chi connectivity index (χ2n) is 6.43. The van der Waals surface area contributed by atoms with Crippen molar-refractivity contribution >= 4 is 21.8 Å². The number of aryl methyl sites for hydroxylation is 1. The van der Waals surface area contributed by atoms with Gasteiger partial charge in [0.2, 0.25) is 0 Å². The molecule has 1 atom stereocenters. The van der Waals surface area contributed by atoms with Crippen LogP contribution in [0.1, 0.15) is 17.5 Å². The number of carboxylic acid groups (broad SMARTS) is 1. The number of carboxylic acids is 1. The van der Waals surface area contributed by atoms with E-state index in [4.69, 9.17) is 14.0 Å². The number of ether oxygens (including phenoxy) is 1. The van der Waals surface area contributed by atoms with Crippen LogP contribution in [0.25, 0.3) is 0 Å². The van der Waals surface area contributed by atoms with E-state index in [1.807, 2.05) is 36.4 Å². The summed E-state index contributed by atoms with van der Waals surface area (Å²) in [4.78, 5) is 11.0. The second kappa shape index (κ2) is 10.1. The first-order valence-electron chi connectivity index (χ1n) is 8.83. The minimum Gasteiger partial charge on any atom is -0.479 e. The van der Waals surface area contributed by atoms with E-state index in [-0.39, 0.29) is 0 Å². The molecule has 0 aliphatic rings. The largest absolute Gasteiger partial charge is 0.479 e. The molecule has 0 aromatic heterocycles. The van der Waals surface area contributed by atoms with Gasteiger partial charge in [0, 0.05) is 25.8 Å². The molecule has 0 saturated carbocycles. The molecule has 2 rings (SSSR count). The van der Waals surface area contributed by atoms with Gasteiger partial charge in [-0.15, -0.1) is 0 Å². The molecule has 0 aliphatic heterocycles. The standard InChI is InChI=1S/C20H25NO6S/c1-26-19(20(22)23)14-16-5-9-17(10-6-16)21-13-3-4-15-7-11-18(12-8-15)27-28(2,24)25/h5-12,19,21H,3-4,13-14H2,1-2H3,(H,22,23)/t19-/m0/s1. The second-order valence-corrected chi connectivity index (χ2v) is 8.00. The van der Waals surface area contributed by atoms with Crippen molar-refractivity contribution in [1.29, 1.82) is 0 Å². The van der Waals surface area contributed by atoms with Crippen molar-refractivity contribution in [2.45, 2.75) is 25.4 Å². The number of hydrogen-bond donors (Lipinski definition) is 2. The maximum Gasteiger partial charge on any atom is 0.333 e. The third-order valence-corrected chi connectivity index (χ3v) is 4.57.